The summed E-state index contributed by atoms with van der Waals surface area (Å²) in [4.78, 5) is 24.7. The van der Waals surface area contributed by atoms with E-state index in [1.807, 2.05) is 13.8 Å². The first-order chi connectivity index (χ1) is 10.3. The topological polar surface area (TPSA) is 58.2 Å². The summed E-state index contributed by atoms with van der Waals surface area (Å²) in [7, 11) is 0. The van der Waals surface area contributed by atoms with Crippen molar-refractivity contribution in [2.24, 2.45) is 23.7 Å². The molecule has 2 N–H and O–H groups in total. The molecule has 0 saturated heterocycles. The van der Waals surface area contributed by atoms with Crippen LogP contribution in [0.15, 0.2) is 0 Å². The second-order valence-electron chi connectivity index (χ2n) is 7.66. The molecule has 0 aliphatic heterocycles. The average molecular weight is 310 g/mol. The predicted octanol–water partition coefficient (Wildman–Crippen LogP) is 3.12. The van der Waals surface area contributed by atoms with E-state index < -0.39 is 6.04 Å². The Morgan fingerprint density at radius 1 is 1.05 bits per heavy atom. The Bertz CT molecular complexity index is 358. The van der Waals surface area contributed by atoms with E-state index in [0.29, 0.717) is 12.5 Å². The van der Waals surface area contributed by atoms with Crippen LogP contribution in [0.3, 0.4) is 0 Å². The highest BCUT2D eigenvalue weighted by Gasteiger charge is 2.29. The number of carbonyl (C=O) groups is 2. The maximum Gasteiger partial charge on any atom is 0.242 e. The van der Waals surface area contributed by atoms with E-state index in [1.165, 1.54) is 0 Å². The van der Waals surface area contributed by atoms with E-state index in [0.717, 1.165) is 38.0 Å². The molecule has 1 fully saturated rings. The minimum absolute atomic E-state index is 0.0480. The molecule has 0 aromatic rings. The van der Waals surface area contributed by atoms with Gasteiger partial charge in [0.05, 0.1) is 0 Å². The first kappa shape index (κ1) is 19.0. The zero-order valence-electron chi connectivity index (χ0n) is 14.9. The van der Waals surface area contributed by atoms with Crippen molar-refractivity contribution in [3.63, 3.8) is 0 Å². The van der Waals surface area contributed by atoms with Crippen LogP contribution in [0, 0.1) is 23.7 Å². The maximum absolute atomic E-state index is 12.4. The van der Waals surface area contributed by atoms with Crippen molar-refractivity contribution in [2.45, 2.75) is 72.8 Å². The normalized spacial score (nSPS) is 23.4. The van der Waals surface area contributed by atoms with Crippen molar-refractivity contribution in [2.75, 3.05) is 6.54 Å². The summed E-state index contributed by atoms with van der Waals surface area (Å²) in [5.74, 6) is 1.49. The van der Waals surface area contributed by atoms with Gasteiger partial charge in [0.2, 0.25) is 11.8 Å². The van der Waals surface area contributed by atoms with Crippen LogP contribution < -0.4 is 10.6 Å². The monoisotopic (exact) mass is 310 g/mol. The van der Waals surface area contributed by atoms with Crippen LogP contribution in [0.4, 0.5) is 0 Å². The van der Waals surface area contributed by atoms with Gasteiger partial charge >= 0.3 is 0 Å². The van der Waals surface area contributed by atoms with Gasteiger partial charge < -0.3 is 10.6 Å². The van der Waals surface area contributed by atoms with Gasteiger partial charge in [-0.25, -0.2) is 0 Å². The van der Waals surface area contributed by atoms with Gasteiger partial charge in [-0.05, 0) is 49.9 Å². The van der Waals surface area contributed by atoms with Crippen LogP contribution in [-0.2, 0) is 9.59 Å². The number of hydrogen-bond acceptors (Lipinski definition) is 2. The molecule has 0 heterocycles. The van der Waals surface area contributed by atoms with Crippen molar-refractivity contribution >= 4 is 11.8 Å². The average Bonchev–Trinajstić information content (AvgIpc) is 2.44. The molecule has 4 nitrogen and oxygen atoms in total. The Kier molecular flexibility index (Phi) is 7.91. The quantitative estimate of drug-likeness (QED) is 0.759. The fourth-order valence-electron chi connectivity index (χ4n) is 2.92. The second-order valence-corrected chi connectivity index (χ2v) is 7.66. The highest BCUT2D eigenvalue weighted by molar-refractivity contribution is 5.88. The highest BCUT2D eigenvalue weighted by atomic mass is 16.2. The molecule has 1 rings (SSSR count). The fourth-order valence-corrected chi connectivity index (χ4v) is 2.92. The fraction of sp³-hybridized carbons (Fsp3) is 0.889. The van der Waals surface area contributed by atoms with E-state index in [-0.39, 0.29) is 23.7 Å². The molecule has 0 unspecified atom stereocenters. The van der Waals surface area contributed by atoms with Gasteiger partial charge in [0.15, 0.2) is 0 Å². The van der Waals surface area contributed by atoms with Crippen molar-refractivity contribution in [1.29, 1.82) is 0 Å². The summed E-state index contributed by atoms with van der Waals surface area (Å²) in [6, 6.07) is -0.418. The first-order valence-electron chi connectivity index (χ1n) is 8.89. The first-order valence-corrected chi connectivity index (χ1v) is 8.89. The van der Waals surface area contributed by atoms with Gasteiger partial charge in [0.1, 0.15) is 6.04 Å². The number of amides is 2. The molecule has 1 aliphatic carbocycles. The highest BCUT2D eigenvalue weighted by Crippen LogP contribution is 2.28. The van der Waals surface area contributed by atoms with Crippen molar-refractivity contribution in [1.82, 2.24) is 10.6 Å². The maximum atomic E-state index is 12.4. The Hall–Kier alpha value is -1.06. The molecular weight excluding hydrogens is 276 g/mol. The molecule has 0 aromatic heterocycles. The zero-order valence-corrected chi connectivity index (χ0v) is 14.9. The molecule has 128 valence electrons. The summed E-state index contributed by atoms with van der Waals surface area (Å²) in [5.41, 5.74) is 0. The third kappa shape index (κ3) is 6.37. The molecule has 1 atom stereocenters. The summed E-state index contributed by atoms with van der Waals surface area (Å²) in [5, 5.41) is 5.95. The third-order valence-electron chi connectivity index (χ3n) is 4.65. The molecule has 2 amide bonds. The standard InChI is InChI=1S/C18H34N2O2/c1-12(2)10-11-19-18(22)16(13(3)4)20-17(21)15-8-6-14(5)7-9-15/h12-16H,6-11H2,1-5H3,(H,19,22)(H,20,21)/t14?,15?,16-/m1/s1. The van der Waals surface area contributed by atoms with Crippen molar-refractivity contribution in [3.05, 3.63) is 0 Å². The Labute approximate surface area is 135 Å². The second kappa shape index (κ2) is 9.16. The minimum atomic E-state index is -0.418. The molecule has 22 heavy (non-hydrogen) atoms. The van der Waals surface area contributed by atoms with E-state index in [9.17, 15) is 9.59 Å². The lowest BCUT2D eigenvalue weighted by Gasteiger charge is -2.28. The minimum Gasteiger partial charge on any atom is -0.354 e. The van der Waals surface area contributed by atoms with Crippen LogP contribution in [0.1, 0.15) is 66.7 Å². The Morgan fingerprint density at radius 3 is 2.14 bits per heavy atom. The SMILES string of the molecule is CC(C)CCNC(=O)[C@H](NC(=O)C1CCC(C)CC1)C(C)C. The van der Waals surface area contributed by atoms with E-state index in [1.54, 1.807) is 0 Å². The van der Waals surface area contributed by atoms with Crippen LogP contribution in [0.2, 0.25) is 0 Å². The van der Waals surface area contributed by atoms with Crippen molar-refractivity contribution < 1.29 is 9.59 Å². The smallest absolute Gasteiger partial charge is 0.242 e. The van der Waals surface area contributed by atoms with E-state index >= 15 is 0 Å². The van der Waals surface area contributed by atoms with Crippen molar-refractivity contribution in [3.8, 4) is 0 Å². The molecular formula is C18H34N2O2. The predicted molar refractivity (Wildman–Crippen MR) is 90.4 cm³/mol. The molecule has 1 aliphatic rings. The van der Waals surface area contributed by atoms with Gasteiger partial charge in [0.25, 0.3) is 0 Å². The van der Waals surface area contributed by atoms with Gasteiger partial charge in [-0.1, -0.05) is 34.6 Å². The van der Waals surface area contributed by atoms with Gasteiger partial charge in [0, 0.05) is 12.5 Å². The summed E-state index contributed by atoms with van der Waals surface area (Å²) < 4.78 is 0. The molecule has 0 spiro atoms. The van der Waals surface area contributed by atoms with Crippen LogP contribution >= 0.6 is 0 Å². The van der Waals surface area contributed by atoms with Gasteiger partial charge in [-0.2, -0.15) is 0 Å². The third-order valence-corrected chi connectivity index (χ3v) is 4.65. The molecule has 0 radical (unpaired) electrons. The van der Waals surface area contributed by atoms with E-state index in [2.05, 4.69) is 31.4 Å². The van der Waals surface area contributed by atoms with E-state index in [4.69, 9.17) is 0 Å². The molecule has 4 heteroatoms. The molecule has 1 saturated carbocycles. The zero-order chi connectivity index (χ0) is 16.7. The largest absolute Gasteiger partial charge is 0.354 e. The van der Waals surface area contributed by atoms with Crippen LogP contribution in [0.25, 0.3) is 0 Å². The Morgan fingerprint density at radius 2 is 1.64 bits per heavy atom. The summed E-state index contributed by atoms with van der Waals surface area (Å²) >= 11 is 0. The summed E-state index contributed by atoms with van der Waals surface area (Å²) in [6.07, 6.45) is 5.10. The number of nitrogens with one attached hydrogen (secondary N) is 2. The summed E-state index contributed by atoms with van der Waals surface area (Å²) in [6.45, 7) is 11.2. The lowest BCUT2D eigenvalue weighted by Crippen LogP contribution is -2.51. The lowest BCUT2D eigenvalue weighted by molar-refractivity contribution is -0.132. The van der Waals surface area contributed by atoms with Gasteiger partial charge in [-0.15, -0.1) is 0 Å². The molecule has 0 aromatic carbocycles. The number of carbonyl (C=O) groups excluding carboxylic acids is 2. The van der Waals surface area contributed by atoms with Crippen LogP contribution in [0.5, 0.6) is 0 Å². The van der Waals surface area contributed by atoms with Gasteiger partial charge in [-0.3, -0.25) is 9.59 Å². The number of rotatable bonds is 7. The number of hydrogen-bond donors (Lipinski definition) is 2. The van der Waals surface area contributed by atoms with Crippen LogP contribution in [-0.4, -0.2) is 24.4 Å². The molecule has 0 bridgehead atoms. The lowest BCUT2D eigenvalue weighted by atomic mass is 9.82. The Balaban J connectivity index is 2.49.